The number of aromatic amines is 1. The summed E-state index contributed by atoms with van der Waals surface area (Å²) in [4.78, 5) is 27.4. The van der Waals surface area contributed by atoms with Crippen molar-refractivity contribution in [1.82, 2.24) is 4.98 Å². The van der Waals surface area contributed by atoms with Crippen LogP contribution in [-0.4, -0.2) is 16.7 Å². The number of H-pyrrole nitrogens is 1. The van der Waals surface area contributed by atoms with Gasteiger partial charge in [0.25, 0.3) is 5.91 Å². The van der Waals surface area contributed by atoms with E-state index < -0.39 is 0 Å². The minimum absolute atomic E-state index is 0.0174. The molecule has 4 heteroatoms. The highest BCUT2D eigenvalue weighted by Crippen LogP contribution is 2.22. The number of benzene rings is 1. The highest BCUT2D eigenvalue weighted by molar-refractivity contribution is 6.08. The molecule has 1 aromatic heterocycles. The van der Waals surface area contributed by atoms with E-state index in [2.05, 4.69) is 10.3 Å². The lowest BCUT2D eigenvalue weighted by Gasteiger charge is -2.09. The lowest BCUT2D eigenvalue weighted by atomic mass is 10.0. The molecule has 0 fully saturated rings. The number of hydrogen-bond acceptors (Lipinski definition) is 2. The summed E-state index contributed by atoms with van der Waals surface area (Å²) in [6, 6.07) is 5.89. The van der Waals surface area contributed by atoms with E-state index in [9.17, 15) is 9.59 Å². The molecule has 1 heterocycles. The molecule has 0 aliphatic rings. The molecular weight excluding hydrogens is 276 g/mol. The molecular formula is C18H22N2O2. The molecule has 0 unspecified atom stereocenters. The fourth-order valence-electron chi connectivity index (χ4n) is 2.84. The Labute approximate surface area is 130 Å². The normalized spacial score (nSPS) is 10.6. The van der Waals surface area contributed by atoms with Crippen LogP contribution in [0.4, 0.5) is 5.69 Å². The SMILES string of the molecule is CCc1c(C(=O)Nc2ccc(C)cc2C)[nH]c(C)c1C(C)=O. The Morgan fingerprint density at radius 3 is 2.41 bits per heavy atom. The molecule has 1 amide bonds. The van der Waals surface area contributed by atoms with Crippen LogP contribution in [0.15, 0.2) is 18.2 Å². The van der Waals surface area contributed by atoms with Gasteiger partial charge in [-0.3, -0.25) is 9.59 Å². The number of aryl methyl sites for hydroxylation is 3. The van der Waals surface area contributed by atoms with E-state index in [-0.39, 0.29) is 11.7 Å². The summed E-state index contributed by atoms with van der Waals surface area (Å²) in [5.41, 5.74) is 5.59. The van der Waals surface area contributed by atoms with Crippen LogP contribution < -0.4 is 5.32 Å². The molecule has 0 saturated carbocycles. The van der Waals surface area contributed by atoms with Gasteiger partial charge in [0.05, 0.1) is 0 Å². The Kier molecular flexibility index (Phi) is 4.50. The van der Waals surface area contributed by atoms with E-state index in [1.807, 2.05) is 45.9 Å². The first-order valence-corrected chi connectivity index (χ1v) is 7.46. The molecule has 116 valence electrons. The molecule has 22 heavy (non-hydrogen) atoms. The highest BCUT2D eigenvalue weighted by atomic mass is 16.2. The van der Waals surface area contributed by atoms with E-state index >= 15 is 0 Å². The molecule has 0 bridgehead atoms. The summed E-state index contributed by atoms with van der Waals surface area (Å²) in [6.45, 7) is 9.28. The van der Waals surface area contributed by atoms with Gasteiger partial charge in [-0.1, -0.05) is 24.6 Å². The van der Waals surface area contributed by atoms with Crippen LogP contribution in [0.3, 0.4) is 0 Å². The van der Waals surface area contributed by atoms with Gasteiger partial charge in [-0.15, -0.1) is 0 Å². The van der Waals surface area contributed by atoms with Crippen molar-refractivity contribution < 1.29 is 9.59 Å². The Bertz CT molecular complexity index is 742. The van der Waals surface area contributed by atoms with Crippen molar-refractivity contribution in [2.75, 3.05) is 5.32 Å². The number of rotatable bonds is 4. The zero-order chi connectivity index (χ0) is 16.4. The third kappa shape index (κ3) is 2.96. The van der Waals surface area contributed by atoms with Gasteiger partial charge in [0.2, 0.25) is 0 Å². The minimum Gasteiger partial charge on any atom is -0.354 e. The average molecular weight is 298 g/mol. The van der Waals surface area contributed by atoms with Gasteiger partial charge >= 0.3 is 0 Å². The number of aromatic nitrogens is 1. The molecule has 2 N–H and O–H groups in total. The van der Waals surface area contributed by atoms with Crippen molar-refractivity contribution in [1.29, 1.82) is 0 Å². The first kappa shape index (κ1) is 16.0. The fourth-order valence-corrected chi connectivity index (χ4v) is 2.84. The molecule has 0 atom stereocenters. The van der Waals surface area contributed by atoms with Crippen LogP contribution in [0.2, 0.25) is 0 Å². The first-order valence-electron chi connectivity index (χ1n) is 7.46. The lowest BCUT2D eigenvalue weighted by Crippen LogP contribution is -2.15. The topological polar surface area (TPSA) is 62.0 Å². The van der Waals surface area contributed by atoms with Gasteiger partial charge in [-0.2, -0.15) is 0 Å². The number of anilines is 1. The molecule has 0 spiro atoms. The van der Waals surface area contributed by atoms with E-state index in [0.29, 0.717) is 17.7 Å². The number of Topliss-reactive ketones (excluding diaryl/α,β-unsaturated/α-hetero) is 1. The summed E-state index contributed by atoms with van der Waals surface area (Å²) in [5.74, 6) is -0.226. The van der Waals surface area contributed by atoms with Gasteiger partial charge in [0.1, 0.15) is 5.69 Å². The molecule has 0 radical (unpaired) electrons. The van der Waals surface area contributed by atoms with Gasteiger partial charge in [-0.25, -0.2) is 0 Å². The van der Waals surface area contributed by atoms with E-state index in [1.54, 1.807) is 0 Å². The molecule has 4 nitrogen and oxygen atoms in total. The van der Waals surface area contributed by atoms with E-state index in [0.717, 1.165) is 28.1 Å². The van der Waals surface area contributed by atoms with Gasteiger partial charge in [0, 0.05) is 16.9 Å². The number of ketones is 1. The first-order chi connectivity index (χ1) is 10.3. The third-order valence-electron chi connectivity index (χ3n) is 3.85. The Balaban J connectivity index is 2.38. The van der Waals surface area contributed by atoms with Crippen LogP contribution in [0.1, 0.15) is 57.1 Å². The monoisotopic (exact) mass is 298 g/mol. The van der Waals surface area contributed by atoms with Crippen molar-refractivity contribution in [3.63, 3.8) is 0 Å². The van der Waals surface area contributed by atoms with Crippen LogP contribution >= 0.6 is 0 Å². The molecule has 0 aliphatic carbocycles. The highest BCUT2D eigenvalue weighted by Gasteiger charge is 2.21. The van der Waals surface area contributed by atoms with Gasteiger partial charge < -0.3 is 10.3 Å². The second-order valence-electron chi connectivity index (χ2n) is 5.66. The smallest absolute Gasteiger partial charge is 0.272 e. The Hall–Kier alpha value is -2.36. The lowest BCUT2D eigenvalue weighted by molar-refractivity contribution is 0.101. The summed E-state index contributed by atoms with van der Waals surface area (Å²) in [6.07, 6.45) is 0.634. The molecule has 2 aromatic rings. The van der Waals surface area contributed by atoms with Gasteiger partial charge in [-0.05, 0) is 51.3 Å². The van der Waals surface area contributed by atoms with Crippen LogP contribution in [0, 0.1) is 20.8 Å². The largest absolute Gasteiger partial charge is 0.354 e. The Morgan fingerprint density at radius 2 is 1.86 bits per heavy atom. The summed E-state index contributed by atoms with van der Waals surface area (Å²) in [5, 5.41) is 2.93. The number of carbonyl (C=O) groups excluding carboxylic acids is 2. The standard InChI is InChI=1S/C18H22N2O2/c1-6-14-16(13(5)21)12(4)19-17(14)18(22)20-15-8-7-10(2)9-11(15)3/h7-9,19H,6H2,1-5H3,(H,20,22). The van der Waals surface area contributed by atoms with Crippen LogP contribution in [-0.2, 0) is 6.42 Å². The molecule has 0 aliphatic heterocycles. The predicted molar refractivity (Wildman–Crippen MR) is 88.8 cm³/mol. The van der Waals surface area contributed by atoms with E-state index in [4.69, 9.17) is 0 Å². The van der Waals surface area contributed by atoms with E-state index in [1.165, 1.54) is 6.92 Å². The molecule has 0 saturated heterocycles. The minimum atomic E-state index is -0.209. The molecule has 2 rings (SSSR count). The van der Waals surface area contributed by atoms with Crippen molar-refractivity contribution in [2.45, 2.75) is 41.0 Å². The van der Waals surface area contributed by atoms with Crippen molar-refractivity contribution in [3.8, 4) is 0 Å². The number of amides is 1. The second-order valence-corrected chi connectivity index (χ2v) is 5.66. The average Bonchev–Trinajstić information content (AvgIpc) is 2.78. The summed E-state index contributed by atoms with van der Waals surface area (Å²) < 4.78 is 0. The fraction of sp³-hybridized carbons (Fsp3) is 0.333. The van der Waals surface area contributed by atoms with Crippen LogP contribution in [0.5, 0.6) is 0 Å². The maximum atomic E-state index is 12.6. The number of carbonyl (C=O) groups is 2. The third-order valence-corrected chi connectivity index (χ3v) is 3.85. The zero-order valence-electron chi connectivity index (χ0n) is 13.8. The molecule has 1 aromatic carbocycles. The predicted octanol–water partition coefficient (Wildman–Crippen LogP) is 3.96. The summed E-state index contributed by atoms with van der Waals surface area (Å²) in [7, 11) is 0. The van der Waals surface area contributed by atoms with Crippen molar-refractivity contribution >= 4 is 17.4 Å². The second kappa shape index (κ2) is 6.18. The van der Waals surface area contributed by atoms with Crippen molar-refractivity contribution in [3.05, 3.63) is 51.8 Å². The quantitative estimate of drug-likeness (QED) is 0.839. The Morgan fingerprint density at radius 1 is 1.18 bits per heavy atom. The van der Waals surface area contributed by atoms with Crippen molar-refractivity contribution in [2.24, 2.45) is 0 Å². The maximum absolute atomic E-state index is 12.6. The van der Waals surface area contributed by atoms with Crippen LogP contribution in [0.25, 0.3) is 0 Å². The summed E-state index contributed by atoms with van der Waals surface area (Å²) >= 11 is 0. The number of hydrogen-bond donors (Lipinski definition) is 2. The maximum Gasteiger partial charge on any atom is 0.272 e. The zero-order valence-corrected chi connectivity index (χ0v) is 13.8. The van der Waals surface area contributed by atoms with Gasteiger partial charge in [0.15, 0.2) is 5.78 Å². The number of nitrogens with one attached hydrogen (secondary N) is 2.